The maximum Gasteiger partial charge on any atom is 0.176 e. The smallest absolute Gasteiger partial charge is 0.176 e. The fourth-order valence-corrected chi connectivity index (χ4v) is 2.64. The molecule has 146 valence electrons. The monoisotopic (exact) mass is 410 g/mol. The molecule has 2 N–H and O–H groups in total. The van der Waals surface area contributed by atoms with Crippen LogP contribution in [0.4, 0.5) is 29.1 Å². The highest BCUT2D eigenvalue weighted by atomic mass is 32.1. The molecule has 1 aromatic heterocycles. The molecule has 10 heteroatoms. The summed E-state index contributed by atoms with van der Waals surface area (Å²) in [5.74, 6) is -4.94. The number of hydrogen-bond acceptors (Lipinski definition) is 3. The second-order valence-electron chi connectivity index (χ2n) is 5.66. The first-order valence-electron chi connectivity index (χ1n) is 7.94. The van der Waals surface area contributed by atoms with Crippen LogP contribution >= 0.6 is 12.2 Å². The van der Waals surface area contributed by atoms with Gasteiger partial charge in [0.1, 0.15) is 5.75 Å². The van der Waals surface area contributed by atoms with Gasteiger partial charge in [0.25, 0.3) is 0 Å². The molecule has 0 bridgehead atoms. The van der Waals surface area contributed by atoms with Crippen LogP contribution in [0.25, 0.3) is 0 Å². The first kappa shape index (κ1) is 19.6. The minimum atomic E-state index is -1.47. The molecule has 1 heterocycles. The van der Waals surface area contributed by atoms with Gasteiger partial charge in [-0.1, -0.05) is 6.07 Å². The number of halogens is 4. The molecule has 2 aromatic carbocycles. The molecule has 0 radical (unpaired) electrons. The van der Waals surface area contributed by atoms with Gasteiger partial charge < -0.3 is 15.4 Å². The van der Waals surface area contributed by atoms with Gasteiger partial charge in [-0.05, 0) is 24.4 Å². The highest BCUT2D eigenvalue weighted by Crippen LogP contribution is 2.21. The fraction of sp³-hybridized carbons (Fsp3) is 0.111. The van der Waals surface area contributed by atoms with E-state index in [2.05, 4.69) is 15.7 Å². The fourth-order valence-electron chi connectivity index (χ4n) is 2.42. The number of anilines is 2. The van der Waals surface area contributed by atoms with Gasteiger partial charge in [-0.15, -0.1) is 0 Å². The molecule has 0 amide bonds. The van der Waals surface area contributed by atoms with Crippen LogP contribution in [0.3, 0.4) is 0 Å². The van der Waals surface area contributed by atoms with Crippen LogP contribution in [-0.2, 0) is 6.54 Å². The van der Waals surface area contributed by atoms with Gasteiger partial charge in [0, 0.05) is 30.1 Å². The van der Waals surface area contributed by atoms with Crippen LogP contribution in [0.1, 0.15) is 5.56 Å². The van der Waals surface area contributed by atoms with Crippen LogP contribution in [0.2, 0.25) is 0 Å². The number of hydrogen-bond donors (Lipinski definition) is 2. The predicted octanol–water partition coefficient (Wildman–Crippen LogP) is 4.31. The Balaban J connectivity index is 1.68. The van der Waals surface area contributed by atoms with Gasteiger partial charge in [-0.3, -0.25) is 4.68 Å². The van der Waals surface area contributed by atoms with Crippen LogP contribution < -0.4 is 15.4 Å². The summed E-state index contributed by atoms with van der Waals surface area (Å²) in [6.45, 7) is -0.496. The Kier molecular flexibility index (Phi) is 5.78. The SMILES string of the molecule is COc1cccc(NC(=S)Nc2ccn(Cc3c(F)c(F)cc(F)c3F)n2)c1. The van der Waals surface area contributed by atoms with Crippen molar-refractivity contribution in [3.63, 3.8) is 0 Å². The molecule has 0 spiro atoms. The van der Waals surface area contributed by atoms with Gasteiger partial charge in [-0.25, -0.2) is 17.6 Å². The van der Waals surface area contributed by atoms with E-state index in [0.29, 0.717) is 11.4 Å². The van der Waals surface area contributed by atoms with E-state index in [-0.39, 0.29) is 17.0 Å². The average molecular weight is 410 g/mol. The van der Waals surface area contributed by atoms with E-state index in [1.807, 2.05) is 0 Å². The largest absolute Gasteiger partial charge is 0.497 e. The maximum absolute atomic E-state index is 13.8. The Morgan fingerprint density at radius 2 is 1.79 bits per heavy atom. The molecule has 0 atom stereocenters. The molecule has 0 aliphatic heterocycles. The molecule has 3 aromatic rings. The number of ether oxygens (including phenoxy) is 1. The molecule has 0 saturated heterocycles. The molecule has 0 unspecified atom stereocenters. The van der Waals surface area contributed by atoms with E-state index in [4.69, 9.17) is 17.0 Å². The molecular weight excluding hydrogens is 396 g/mol. The van der Waals surface area contributed by atoms with Gasteiger partial charge in [-0.2, -0.15) is 5.10 Å². The number of methoxy groups -OCH3 is 1. The molecular formula is C18H14F4N4OS. The summed E-state index contributed by atoms with van der Waals surface area (Å²) in [4.78, 5) is 0. The molecule has 3 rings (SSSR count). The summed E-state index contributed by atoms with van der Waals surface area (Å²) in [5.41, 5.74) is -0.0834. The zero-order chi connectivity index (χ0) is 20.3. The Morgan fingerprint density at radius 3 is 2.46 bits per heavy atom. The van der Waals surface area contributed by atoms with E-state index in [9.17, 15) is 17.6 Å². The summed E-state index contributed by atoms with van der Waals surface area (Å²) in [6.07, 6.45) is 1.39. The van der Waals surface area contributed by atoms with Crippen molar-refractivity contribution in [2.24, 2.45) is 0 Å². The molecule has 0 aliphatic rings. The van der Waals surface area contributed by atoms with Crippen molar-refractivity contribution in [1.29, 1.82) is 0 Å². The minimum absolute atomic E-state index is 0.160. The number of rotatable bonds is 5. The van der Waals surface area contributed by atoms with Crippen molar-refractivity contribution in [3.05, 3.63) is 71.4 Å². The minimum Gasteiger partial charge on any atom is -0.497 e. The third-order valence-corrected chi connectivity index (χ3v) is 3.94. The summed E-state index contributed by atoms with van der Waals surface area (Å²) in [7, 11) is 1.54. The lowest BCUT2D eigenvalue weighted by atomic mass is 10.2. The lowest BCUT2D eigenvalue weighted by Crippen LogP contribution is -2.19. The second-order valence-corrected chi connectivity index (χ2v) is 6.06. The zero-order valence-electron chi connectivity index (χ0n) is 14.5. The molecule has 5 nitrogen and oxygen atoms in total. The summed E-state index contributed by atoms with van der Waals surface area (Å²) in [5, 5.41) is 9.98. The normalized spacial score (nSPS) is 10.6. The standard InChI is InChI=1S/C18H14F4N4OS/c1-27-11-4-2-3-10(7-11)23-18(28)24-15-5-6-26(25-15)9-12-16(21)13(19)8-14(20)17(12)22/h2-8H,9H2,1H3,(H2,23,24,25,28). The number of nitrogens with one attached hydrogen (secondary N) is 2. The number of thiocarbonyl (C=S) groups is 1. The number of nitrogens with zero attached hydrogens (tertiary/aromatic N) is 2. The maximum atomic E-state index is 13.8. The number of benzene rings is 2. The van der Waals surface area contributed by atoms with Gasteiger partial charge in [0.2, 0.25) is 0 Å². The van der Waals surface area contributed by atoms with Gasteiger partial charge in [0.15, 0.2) is 34.2 Å². The van der Waals surface area contributed by atoms with Crippen LogP contribution in [-0.4, -0.2) is 22.0 Å². The average Bonchev–Trinajstić information content (AvgIpc) is 3.10. The van der Waals surface area contributed by atoms with Crippen molar-refractivity contribution >= 4 is 28.8 Å². The lowest BCUT2D eigenvalue weighted by molar-refractivity contribution is 0.415. The summed E-state index contributed by atoms with van der Waals surface area (Å²) >= 11 is 5.18. The Bertz CT molecular complexity index is 999. The highest BCUT2D eigenvalue weighted by Gasteiger charge is 2.19. The Labute approximate surface area is 162 Å². The lowest BCUT2D eigenvalue weighted by Gasteiger charge is -2.10. The number of aromatic nitrogens is 2. The topological polar surface area (TPSA) is 51.1 Å². The molecule has 0 saturated carbocycles. The predicted molar refractivity (Wildman–Crippen MR) is 100 cm³/mol. The third-order valence-electron chi connectivity index (χ3n) is 3.73. The van der Waals surface area contributed by atoms with Gasteiger partial charge in [0.05, 0.1) is 19.2 Å². The van der Waals surface area contributed by atoms with Crippen molar-refractivity contribution in [1.82, 2.24) is 9.78 Å². The molecule has 28 heavy (non-hydrogen) atoms. The molecule has 0 fully saturated rings. The van der Waals surface area contributed by atoms with E-state index in [0.717, 1.165) is 4.68 Å². The summed E-state index contributed by atoms with van der Waals surface area (Å²) in [6, 6.07) is 8.71. The first-order chi connectivity index (χ1) is 13.4. The first-order valence-corrected chi connectivity index (χ1v) is 8.35. The van der Waals surface area contributed by atoms with Crippen LogP contribution in [0, 0.1) is 23.3 Å². The molecule has 0 aliphatic carbocycles. The van der Waals surface area contributed by atoms with E-state index in [1.165, 1.54) is 12.3 Å². The van der Waals surface area contributed by atoms with Gasteiger partial charge >= 0.3 is 0 Å². The van der Waals surface area contributed by atoms with Crippen LogP contribution in [0.5, 0.6) is 5.75 Å². The van der Waals surface area contributed by atoms with Crippen molar-refractivity contribution in [3.8, 4) is 5.75 Å². The quantitative estimate of drug-likeness (QED) is 0.373. The van der Waals surface area contributed by atoms with E-state index >= 15 is 0 Å². The zero-order valence-corrected chi connectivity index (χ0v) is 15.3. The van der Waals surface area contributed by atoms with E-state index in [1.54, 1.807) is 31.4 Å². The Morgan fingerprint density at radius 1 is 1.07 bits per heavy atom. The Hall–Kier alpha value is -3.14. The highest BCUT2D eigenvalue weighted by molar-refractivity contribution is 7.80. The van der Waals surface area contributed by atoms with Crippen molar-refractivity contribution in [2.45, 2.75) is 6.54 Å². The van der Waals surface area contributed by atoms with Crippen molar-refractivity contribution < 1.29 is 22.3 Å². The summed E-state index contributed by atoms with van der Waals surface area (Å²) < 4.78 is 60.4. The van der Waals surface area contributed by atoms with Crippen LogP contribution in [0.15, 0.2) is 42.6 Å². The van der Waals surface area contributed by atoms with E-state index < -0.39 is 35.4 Å². The van der Waals surface area contributed by atoms with Crippen molar-refractivity contribution in [2.75, 3.05) is 17.7 Å². The third kappa shape index (κ3) is 4.39. The second kappa shape index (κ2) is 8.26.